The van der Waals surface area contributed by atoms with E-state index in [2.05, 4.69) is 28.0 Å². The van der Waals surface area contributed by atoms with Crippen molar-refractivity contribution in [2.24, 2.45) is 5.92 Å². The van der Waals surface area contributed by atoms with Crippen LogP contribution >= 0.6 is 12.6 Å². The van der Waals surface area contributed by atoms with E-state index in [1.807, 2.05) is 0 Å². The van der Waals surface area contributed by atoms with Crippen LogP contribution in [0.5, 0.6) is 5.75 Å². The largest absolute Gasteiger partial charge is 0.573 e. The number of ether oxygens (including phenoxy) is 2. The van der Waals surface area contributed by atoms with Crippen molar-refractivity contribution in [3.63, 3.8) is 0 Å². The summed E-state index contributed by atoms with van der Waals surface area (Å²) in [4.78, 5) is 12.3. The summed E-state index contributed by atoms with van der Waals surface area (Å²) in [6.45, 7) is 4.48. The van der Waals surface area contributed by atoms with Crippen LogP contribution in [0.2, 0.25) is 0 Å². The highest BCUT2D eigenvalue weighted by molar-refractivity contribution is 7.80. The molecule has 1 aromatic carbocycles. The van der Waals surface area contributed by atoms with Gasteiger partial charge in [0.15, 0.2) is 0 Å². The van der Waals surface area contributed by atoms with Crippen LogP contribution in [0.4, 0.5) is 13.2 Å². The molecule has 0 unspecified atom stereocenters. The number of rotatable bonds is 4. The van der Waals surface area contributed by atoms with E-state index in [0.717, 1.165) is 58.5 Å². The van der Waals surface area contributed by atoms with Crippen molar-refractivity contribution >= 4 is 18.5 Å². The van der Waals surface area contributed by atoms with Gasteiger partial charge in [-0.3, -0.25) is 4.79 Å². The zero-order chi connectivity index (χ0) is 21.1. The Morgan fingerprint density at radius 1 is 1.21 bits per heavy atom. The number of halogens is 3. The summed E-state index contributed by atoms with van der Waals surface area (Å²) >= 11 is 3.91. The van der Waals surface area contributed by atoms with E-state index >= 15 is 0 Å². The molecule has 3 rings (SSSR count). The van der Waals surface area contributed by atoms with Gasteiger partial charge in [-0.15, -0.1) is 25.8 Å². The van der Waals surface area contributed by atoms with E-state index in [1.54, 1.807) is 6.08 Å². The Balaban J connectivity index is 0.000000221. The summed E-state index contributed by atoms with van der Waals surface area (Å²) < 4.78 is 43.7. The van der Waals surface area contributed by atoms with Crippen molar-refractivity contribution in [2.45, 2.75) is 36.9 Å². The molecular formula is C20H27F3N2O3S. The molecule has 0 bridgehead atoms. The molecule has 2 fully saturated rings. The monoisotopic (exact) mass is 432 g/mol. The van der Waals surface area contributed by atoms with Crippen LogP contribution in [0, 0.1) is 5.92 Å². The van der Waals surface area contributed by atoms with E-state index in [-0.39, 0.29) is 11.7 Å². The van der Waals surface area contributed by atoms with Crippen molar-refractivity contribution in [2.75, 3.05) is 32.8 Å². The van der Waals surface area contributed by atoms with Gasteiger partial charge in [0, 0.05) is 30.7 Å². The summed E-state index contributed by atoms with van der Waals surface area (Å²) in [6.07, 6.45) is 1.31. The lowest BCUT2D eigenvalue weighted by atomic mass is 10.0. The van der Waals surface area contributed by atoms with Gasteiger partial charge in [0.25, 0.3) is 0 Å². The van der Waals surface area contributed by atoms with Crippen molar-refractivity contribution in [3.05, 3.63) is 35.9 Å². The highest BCUT2D eigenvalue weighted by Gasteiger charge is 2.30. The minimum atomic E-state index is -4.63. The average Bonchev–Trinajstić information content (AvgIpc) is 2.69. The molecule has 5 nitrogen and oxygen atoms in total. The first-order valence-electron chi connectivity index (χ1n) is 9.62. The van der Waals surface area contributed by atoms with Crippen LogP contribution in [0.15, 0.2) is 40.8 Å². The van der Waals surface area contributed by atoms with Crippen LogP contribution in [0.1, 0.15) is 25.7 Å². The molecular weight excluding hydrogens is 405 g/mol. The molecule has 9 heteroatoms. The zero-order valence-corrected chi connectivity index (χ0v) is 17.0. The predicted molar refractivity (Wildman–Crippen MR) is 107 cm³/mol. The molecule has 29 heavy (non-hydrogen) atoms. The van der Waals surface area contributed by atoms with Gasteiger partial charge in [0.2, 0.25) is 5.91 Å². The third-order valence-electron chi connectivity index (χ3n) is 4.56. The van der Waals surface area contributed by atoms with Gasteiger partial charge in [-0.25, -0.2) is 0 Å². The van der Waals surface area contributed by atoms with Gasteiger partial charge in [0.1, 0.15) is 5.75 Å². The second-order valence-corrected chi connectivity index (χ2v) is 7.41. The number of amides is 1. The number of nitrogens with one attached hydrogen (secondary N) is 2. The zero-order valence-electron chi connectivity index (χ0n) is 16.1. The Morgan fingerprint density at radius 2 is 1.83 bits per heavy atom. The van der Waals surface area contributed by atoms with E-state index in [0.29, 0.717) is 10.8 Å². The maximum Gasteiger partial charge on any atom is 0.573 e. The molecule has 0 radical (unpaired) electrons. The molecule has 1 amide bonds. The highest BCUT2D eigenvalue weighted by atomic mass is 32.1. The molecule has 2 heterocycles. The highest BCUT2D eigenvalue weighted by Crippen LogP contribution is 2.23. The first-order chi connectivity index (χ1) is 13.8. The van der Waals surface area contributed by atoms with Crippen LogP contribution in [0.25, 0.3) is 0 Å². The van der Waals surface area contributed by atoms with Crippen molar-refractivity contribution in [1.82, 2.24) is 10.6 Å². The van der Waals surface area contributed by atoms with Crippen LogP contribution in [-0.2, 0) is 9.53 Å². The van der Waals surface area contributed by atoms with Gasteiger partial charge in [-0.1, -0.05) is 5.57 Å². The summed E-state index contributed by atoms with van der Waals surface area (Å²) in [6, 6.07) is 5.25. The third kappa shape index (κ3) is 10.6. The first kappa shape index (κ1) is 23.6. The van der Waals surface area contributed by atoms with E-state index in [9.17, 15) is 18.0 Å². The van der Waals surface area contributed by atoms with E-state index in [1.165, 1.54) is 29.8 Å². The maximum absolute atomic E-state index is 11.7. The average molecular weight is 433 g/mol. The summed E-state index contributed by atoms with van der Waals surface area (Å²) in [5.74, 6) is 0.438. The SMILES string of the molecule is FC(F)(F)Oc1ccc(S)cc1.O=C(C=C1CCNCC1)NCC1CCOCC1. The fraction of sp³-hybridized carbons (Fsp3) is 0.550. The van der Waals surface area contributed by atoms with Crippen LogP contribution < -0.4 is 15.4 Å². The lowest BCUT2D eigenvalue weighted by Crippen LogP contribution is -2.31. The summed E-state index contributed by atoms with van der Waals surface area (Å²) in [7, 11) is 0. The predicted octanol–water partition coefficient (Wildman–Crippen LogP) is 3.71. The Hall–Kier alpha value is -1.71. The Bertz CT molecular complexity index is 652. The molecule has 2 aliphatic rings. The fourth-order valence-corrected chi connectivity index (χ4v) is 3.12. The van der Waals surface area contributed by atoms with Gasteiger partial charge in [-0.05, 0) is 69.0 Å². The molecule has 1 aromatic rings. The molecule has 162 valence electrons. The lowest BCUT2D eigenvalue weighted by Gasteiger charge is -2.22. The summed E-state index contributed by atoms with van der Waals surface area (Å²) in [5, 5.41) is 6.29. The molecule has 0 aliphatic carbocycles. The maximum atomic E-state index is 11.7. The minimum absolute atomic E-state index is 0.0772. The van der Waals surface area contributed by atoms with E-state index < -0.39 is 6.36 Å². The molecule has 2 N–H and O–H groups in total. The van der Waals surface area contributed by atoms with Crippen LogP contribution in [0.3, 0.4) is 0 Å². The number of carbonyl (C=O) groups is 1. The van der Waals surface area contributed by atoms with Crippen molar-refractivity contribution in [1.29, 1.82) is 0 Å². The first-order valence-corrected chi connectivity index (χ1v) is 10.1. The standard InChI is InChI=1S/C13H22N2O2.C7H5F3OS/c16-13(9-11-1-5-14-6-2-11)15-10-12-3-7-17-8-4-12;8-7(9,10)11-5-1-3-6(12)4-2-5/h9,12,14H,1-8,10H2,(H,15,16);1-4,12H. The van der Waals surface area contributed by atoms with E-state index in [4.69, 9.17) is 4.74 Å². The Kier molecular flexibility index (Phi) is 9.83. The van der Waals surface area contributed by atoms with Crippen molar-refractivity contribution < 1.29 is 27.4 Å². The molecule has 0 spiro atoms. The number of thiol groups is 1. The topological polar surface area (TPSA) is 59.6 Å². The number of piperidine rings is 1. The number of carbonyl (C=O) groups excluding carboxylic acids is 1. The Morgan fingerprint density at radius 3 is 2.41 bits per heavy atom. The molecule has 0 atom stereocenters. The second kappa shape index (κ2) is 12.1. The Labute approximate surface area is 174 Å². The van der Waals surface area contributed by atoms with Gasteiger partial charge >= 0.3 is 6.36 Å². The molecule has 0 saturated carbocycles. The fourth-order valence-electron chi connectivity index (χ4n) is 2.97. The third-order valence-corrected chi connectivity index (χ3v) is 4.86. The smallest absolute Gasteiger partial charge is 0.406 e. The molecule has 2 saturated heterocycles. The second-order valence-electron chi connectivity index (χ2n) is 6.90. The number of hydrogen-bond donors (Lipinski definition) is 3. The van der Waals surface area contributed by atoms with Gasteiger partial charge < -0.3 is 20.1 Å². The van der Waals surface area contributed by atoms with Crippen molar-refractivity contribution in [3.8, 4) is 5.75 Å². The van der Waals surface area contributed by atoms with Gasteiger partial charge in [-0.2, -0.15) is 0 Å². The molecule has 2 aliphatic heterocycles. The lowest BCUT2D eigenvalue weighted by molar-refractivity contribution is -0.274. The molecule has 0 aromatic heterocycles. The quantitative estimate of drug-likeness (QED) is 0.502. The number of benzene rings is 1. The summed E-state index contributed by atoms with van der Waals surface area (Å²) in [5.41, 5.74) is 1.27. The van der Waals surface area contributed by atoms with Crippen LogP contribution in [-0.4, -0.2) is 45.1 Å². The van der Waals surface area contributed by atoms with Gasteiger partial charge in [0.05, 0.1) is 0 Å². The number of hydrogen-bond acceptors (Lipinski definition) is 5. The number of alkyl halides is 3. The normalized spacial score (nSPS) is 17.7. The minimum Gasteiger partial charge on any atom is -0.406 e.